The minimum Gasteiger partial charge on any atom is -0.386 e. The molecule has 4 heteroatoms. The van der Waals surface area contributed by atoms with Gasteiger partial charge in [-0.1, -0.05) is 26.0 Å². The van der Waals surface area contributed by atoms with Gasteiger partial charge in [0, 0.05) is 6.04 Å². The Hall–Kier alpha value is -0.870. The highest BCUT2D eigenvalue weighted by Gasteiger charge is 2.47. The Morgan fingerprint density at radius 3 is 2.56 bits per heavy atom. The lowest BCUT2D eigenvalue weighted by molar-refractivity contribution is -0.166. The number of nitrogens with two attached hydrogens (primary N) is 1. The second-order valence-electron chi connectivity index (χ2n) is 5.34. The van der Waals surface area contributed by atoms with Crippen molar-refractivity contribution in [1.82, 2.24) is 4.90 Å². The van der Waals surface area contributed by atoms with E-state index < -0.39 is 5.60 Å². The summed E-state index contributed by atoms with van der Waals surface area (Å²) in [4.78, 5) is 13.7. The van der Waals surface area contributed by atoms with Crippen molar-refractivity contribution < 1.29 is 9.90 Å². The minimum atomic E-state index is -0.680. The summed E-state index contributed by atoms with van der Waals surface area (Å²) in [5.74, 6) is 0.221. The average Bonchev–Trinajstić information content (AvgIpc) is 2.58. The second-order valence-corrected chi connectivity index (χ2v) is 5.34. The Bertz CT molecular complexity index is 319. The van der Waals surface area contributed by atoms with Gasteiger partial charge in [0.05, 0.1) is 19.0 Å². The standard InChI is InChI=1S/C12H20N2O2/c1-8(2)12(16)6-14(7-12)11(15)9-3-4-10(13)5-9/h3-4,8-10,16H,5-7,13H2,1-2H3. The molecule has 2 unspecified atom stereocenters. The van der Waals surface area contributed by atoms with E-state index in [9.17, 15) is 9.90 Å². The van der Waals surface area contributed by atoms with Crippen LogP contribution < -0.4 is 5.73 Å². The molecule has 0 aromatic rings. The van der Waals surface area contributed by atoms with Crippen molar-refractivity contribution in [2.45, 2.75) is 31.9 Å². The molecule has 0 spiro atoms. The third kappa shape index (κ3) is 1.87. The van der Waals surface area contributed by atoms with Gasteiger partial charge in [-0.05, 0) is 12.3 Å². The molecule has 16 heavy (non-hydrogen) atoms. The van der Waals surface area contributed by atoms with Crippen molar-refractivity contribution >= 4 is 5.91 Å². The van der Waals surface area contributed by atoms with Gasteiger partial charge >= 0.3 is 0 Å². The van der Waals surface area contributed by atoms with Crippen LogP contribution in [0.4, 0.5) is 0 Å². The van der Waals surface area contributed by atoms with E-state index in [2.05, 4.69) is 0 Å². The third-order valence-corrected chi connectivity index (χ3v) is 3.75. The number of β-amino-alcohol motifs (C(OH)–C–C–N with tert-alkyl or cyclic N) is 1. The molecule has 3 N–H and O–H groups in total. The fourth-order valence-electron chi connectivity index (χ4n) is 2.28. The first-order chi connectivity index (χ1) is 7.42. The molecular formula is C12H20N2O2. The number of rotatable bonds is 2. The van der Waals surface area contributed by atoms with Crippen LogP contribution in [0, 0.1) is 11.8 Å². The Kier molecular flexibility index (Phi) is 2.80. The summed E-state index contributed by atoms with van der Waals surface area (Å²) < 4.78 is 0. The van der Waals surface area contributed by atoms with Crippen LogP contribution in [0.2, 0.25) is 0 Å². The van der Waals surface area contributed by atoms with Gasteiger partial charge in [-0.2, -0.15) is 0 Å². The van der Waals surface area contributed by atoms with Crippen molar-refractivity contribution in [3.63, 3.8) is 0 Å². The molecular weight excluding hydrogens is 204 g/mol. The van der Waals surface area contributed by atoms with Crippen LogP contribution in [0.3, 0.4) is 0 Å². The van der Waals surface area contributed by atoms with E-state index >= 15 is 0 Å². The Morgan fingerprint density at radius 1 is 1.50 bits per heavy atom. The number of likely N-dealkylation sites (tertiary alicyclic amines) is 1. The lowest BCUT2D eigenvalue weighted by Crippen LogP contribution is -2.66. The van der Waals surface area contributed by atoms with Gasteiger partial charge in [-0.25, -0.2) is 0 Å². The van der Waals surface area contributed by atoms with Crippen LogP contribution in [-0.4, -0.2) is 40.6 Å². The first-order valence-electron chi connectivity index (χ1n) is 5.87. The van der Waals surface area contributed by atoms with E-state index in [4.69, 9.17) is 5.73 Å². The largest absolute Gasteiger partial charge is 0.386 e. The zero-order valence-corrected chi connectivity index (χ0v) is 9.89. The topological polar surface area (TPSA) is 66.6 Å². The molecule has 1 aliphatic heterocycles. The van der Waals surface area contributed by atoms with Crippen molar-refractivity contribution in [3.8, 4) is 0 Å². The maximum Gasteiger partial charge on any atom is 0.229 e. The molecule has 0 saturated carbocycles. The summed E-state index contributed by atoms with van der Waals surface area (Å²) in [7, 11) is 0. The van der Waals surface area contributed by atoms with Crippen LogP contribution in [-0.2, 0) is 4.79 Å². The number of aliphatic hydroxyl groups is 1. The fraction of sp³-hybridized carbons (Fsp3) is 0.750. The highest BCUT2D eigenvalue weighted by atomic mass is 16.3. The van der Waals surface area contributed by atoms with Crippen molar-refractivity contribution in [3.05, 3.63) is 12.2 Å². The summed E-state index contributed by atoms with van der Waals surface area (Å²) in [5, 5.41) is 10.1. The summed E-state index contributed by atoms with van der Waals surface area (Å²) in [6.45, 7) is 4.88. The molecule has 0 bridgehead atoms. The highest BCUT2D eigenvalue weighted by molar-refractivity contribution is 5.82. The molecule has 1 saturated heterocycles. The quantitative estimate of drug-likeness (QED) is 0.655. The SMILES string of the molecule is CC(C)C1(O)CN(C(=O)C2C=CC(N)C2)C1. The fourth-order valence-corrected chi connectivity index (χ4v) is 2.28. The molecule has 2 aliphatic rings. The molecule has 90 valence electrons. The first kappa shape index (κ1) is 11.6. The zero-order valence-electron chi connectivity index (χ0n) is 9.89. The molecule has 2 atom stereocenters. The Morgan fingerprint density at radius 2 is 2.12 bits per heavy atom. The van der Waals surface area contributed by atoms with E-state index in [1.54, 1.807) is 4.90 Å². The zero-order chi connectivity index (χ0) is 11.9. The van der Waals surface area contributed by atoms with Gasteiger partial charge in [-0.3, -0.25) is 4.79 Å². The van der Waals surface area contributed by atoms with Crippen LogP contribution >= 0.6 is 0 Å². The van der Waals surface area contributed by atoms with Crippen LogP contribution in [0.25, 0.3) is 0 Å². The normalized spacial score (nSPS) is 31.9. The average molecular weight is 224 g/mol. The van der Waals surface area contributed by atoms with Crippen LogP contribution in [0.5, 0.6) is 0 Å². The first-order valence-corrected chi connectivity index (χ1v) is 5.87. The predicted molar refractivity (Wildman–Crippen MR) is 61.6 cm³/mol. The van der Waals surface area contributed by atoms with Gasteiger partial charge in [0.1, 0.15) is 5.60 Å². The lowest BCUT2D eigenvalue weighted by Gasteiger charge is -2.49. The molecule has 1 heterocycles. The summed E-state index contributed by atoms with van der Waals surface area (Å²) in [6.07, 6.45) is 4.48. The molecule has 0 aromatic heterocycles. The van der Waals surface area contributed by atoms with E-state index in [-0.39, 0.29) is 23.8 Å². The summed E-state index contributed by atoms with van der Waals surface area (Å²) in [5.41, 5.74) is 5.04. The van der Waals surface area contributed by atoms with Crippen molar-refractivity contribution in [2.75, 3.05) is 13.1 Å². The molecule has 1 amide bonds. The molecule has 4 nitrogen and oxygen atoms in total. The Labute approximate surface area is 96.1 Å². The number of amides is 1. The molecule has 1 fully saturated rings. The van der Waals surface area contributed by atoms with Crippen molar-refractivity contribution in [1.29, 1.82) is 0 Å². The van der Waals surface area contributed by atoms with Gasteiger partial charge in [0.2, 0.25) is 5.91 Å². The van der Waals surface area contributed by atoms with E-state index in [1.165, 1.54) is 0 Å². The van der Waals surface area contributed by atoms with Gasteiger partial charge < -0.3 is 15.7 Å². The third-order valence-electron chi connectivity index (χ3n) is 3.75. The predicted octanol–water partition coefficient (Wildman–Crippen LogP) is 0.119. The van der Waals surface area contributed by atoms with E-state index in [0.717, 1.165) is 0 Å². The minimum absolute atomic E-state index is 0.0132. The number of carbonyl (C=O) groups is 1. The van der Waals surface area contributed by atoms with Crippen molar-refractivity contribution in [2.24, 2.45) is 17.6 Å². The molecule has 0 radical (unpaired) electrons. The number of hydrogen-bond donors (Lipinski definition) is 2. The molecule has 0 aromatic carbocycles. The monoisotopic (exact) mass is 224 g/mol. The second kappa shape index (κ2) is 3.86. The Balaban J connectivity index is 1.88. The smallest absolute Gasteiger partial charge is 0.229 e. The lowest BCUT2D eigenvalue weighted by atomic mass is 9.82. The van der Waals surface area contributed by atoms with Gasteiger partial charge in [0.15, 0.2) is 0 Å². The maximum atomic E-state index is 12.0. The number of nitrogens with zero attached hydrogens (tertiary/aromatic N) is 1. The summed E-state index contributed by atoms with van der Waals surface area (Å²) in [6, 6.07) is 0.0132. The number of hydrogen-bond acceptors (Lipinski definition) is 3. The highest BCUT2D eigenvalue weighted by Crippen LogP contribution is 2.31. The molecule has 2 rings (SSSR count). The van der Waals surface area contributed by atoms with Gasteiger partial charge in [0.25, 0.3) is 0 Å². The van der Waals surface area contributed by atoms with E-state index in [1.807, 2.05) is 26.0 Å². The molecule has 1 aliphatic carbocycles. The number of carbonyl (C=O) groups excluding carboxylic acids is 1. The van der Waals surface area contributed by atoms with Gasteiger partial charge in [-0.15, -0.1) is 0 Å². The van der Waals surface area contributed by atoms with E-state index in [0.29, 0.717) is 19.5 Å². The summed E-state index contributed by atoms with van der Waals surface area (Å²) >= 11 is 0. The maximum absolute atomic E-state index is 12.0. The van der Waals surface area contributed by atoms with Crippen LogP contribution in [0.1, 0.15) is 20.3 Å². The van der Waals surface area contributed by atoms with Crippen LogP contribution in [0.15, 0.2) is 12.2 Å².